The summed E-state index contributed by atoms with van der Waals surface area (Å²) in [6.45, 7) is 11.1. The molecule has 2 aliphatic heterocycles. The lowest BCUT2D eigenvalue weighted by atomic mass is 9.79. The zero-order chi connectivity index (χ0) is 22.4. The van der Waals surface area contributed by atoms with Gasteiger partial charge in [0.15, 0.2) is 0 Å². The predicted octanol–water partition coefficient (Wildman–Crippen LogP) is 3.52. The molecule has 1 aliphatic carbocycles. The lowest BCUT2D eigenvalue weighted by Gasteiger charge is -2.46. The Kier molecular flexibility index (Phi) is 5.53. The van der Waals surface area contributed by atoms with E-state index in [1.54, 1.807) is 13.1 Å². The highest BCUT2D eigenvalue weighted by Crippen LogP contribution is 2.50. The van der Waals surface area contributed by atoms with Gasteiger partial charge < -0.3 is 20.4 Å². The number of hydrogen-bond donors (Lipinski definition) is 2. The minimum absolute atomic E-state index is 0.0727. The molecule has 4 atom stereocenters. The first-order chi connectivity index (χ1) is 15.4. The van der Waals surface area contributed by atoms with Crippen molar-refractivity contribution in [1.29, 1.82) is 0 Å². The Balaban J connectivity index is 1.57. The first kappa shape index (κ1) is 21.2. The number of anilines is 3. The van der Waals surface area contributed by atoms with Crippen molar-refractivity contribution in [3.05, 3.63) is 41.9 Å². The van der Waals surface area contributed by atoms with Crippen LogP contribution in [0.3, 0.4) is 0 Å². The molecule has 1 aromatic carbocycles. The van der Waals surface area contributed by atoms with E-state index in [1.165, 1.54) is 24.1 Å². The number of carbonyl (C=O) groups is 1. The normalized spacial score (nSPS) is 27.8. The van der Waals surface area contributed by atoms with E-state index >= 15 is 0 Å². The fourth-order valence-corrected chi connectivity index (χ4v) is 5.54. The van der Waals surface area contributed by atoms with Gasteiger partial charge in [0.05, 0.1) is 24.1 Å². The lowest BCUT2D eigenvalue weighted by Crippen LogP contribution is -2.51. The van der Waals surface area contributed by atoms with Crippen LogP contribution in [0.25, 0.3) is 0 Å². The number of fused-ring (bicyclic) bond motifs is 1. The number of hydrogen-bond acceptors (Lipinski definition) is 6. The number of piperazine rings is 1. The van der Waals surface area contributed by atoms with Crippen LogP contribution in [0, 0.1) is 18.8 Å². The summed E-state index contributed by atoms with van der Waals surface area (Å²) in [7, 11) is 0. The van der Waals surface area contributed by atoms with Crippen molar-refractivity contribution in [2.45, 2.75) is 58.7 Å². The van der Waals surface area contributed by atoms with E-state index in [4.69, 9.17) is 0 Å². The highest BCUT2D eigenvalue weighted by molar-refractivity contribution is 5.94. The Bertz CT molecular complexity index is 988. The van der Waals surface area contributed by atoms with Crippen molar-refractivity contribution in [3.63, 3.8) is 0 Å². The van der Waals surface area contributed by atoms with Crippen molar-refractivity contribution in [3.8, 4) is 0 Å². The zero-order valence-electron chi connectivity index (χ0n) is 19.5. The summed E-state index contributed by atoms with van der Waals surface area (Å²) in [6, 6.07) is 7.39. The van der Waals surface area contributed by atoms with Gasteiger partial charge in [0, 0.05) is 61.5 Å². The molecule has 2 fully saturated rings. The number of benzene rings is 1. The van der Waals surface area contributed by atoms with Crippen molar-refractivity contribution in [2.75, 3.05) is 34.8 Å². The smallest absolute Gasteiger partial charge is 0.224 e. The van der Waals surface area contributed by atoms with E-state index in [-0.39, 0.29) is 23.9 Å². The monoisotopic (exact) mass is 434 g/mol. The van der Waals surface area contributed by atoms with Crippen LogP contribution < -0.4 is 20.4 Å². The summed E-state index contributed by atoms with van der Waals surface area (Å²) in [5.41, 5.74) is 4.34. The molecule has 1 amide bonds. The van der Waals surface area contributed by atoms with Crippen LogP contribution in [0.4, 0.5) is 17.2 Å². The van der Waals surface area contributed by atoms with Gasteiger partial charge in [0.25, 0.3) is 0 Å². The third-order valence-corrected chi connectivity index (χ3v) is 7.23. The maximum atomic E-state index is 12.8. The van der Waals surface area contributed by atoms with Crippen LogP contribution in [0.1, 0.15) is 50.9 Å². The second kappa shape index (κ2) is 8.35. The number of amides is 1. The predicted molar refractivity (Wildman–Crippen MR) is 128 cm³/mol. The van der Waals surface area contributed by atoms with E-state index in [2.05, 4.69) is 62.4 Å². The lowest BCUT2D eigenvalue weighted by molar-refractivity contribution is -0.117. The third-order valence-electron chi connectivity index (χ3n) is 7.23. The topological polar surface area (TPSA) is 73.4 Å². The van der Waals surface area contributed by atoms with Crippen LogP contribution in [0.2, 0.25) is 0 Å². The molecular formula is C25H34N6O. The van der Waals surface area contributed by atoms with Crippen LogP contribution in [0.5, 0.6) is 0 Å². The van der Waals surface area contributed by atoms with Gasteiger partial charge >= 0.3 is 0 Å². The van der Waals surface area contributed by atoms with Gasteiger partial charge in [-0.1, -0.05) is 6.92 Å². The van der Waals surface area contributed by atoms with Gasteiger partial charge in [-0.2, -0.15) is 0 Å². The number of nitrogens with one attached hydrogen (secondary N) is 2. The Labute approximate surface area is 190 Å². The van der Waals surface area contributed by atoms with Crippen LogP contribution >= 0.6 is 0 Å². The first-order valence-electron chi connectivity index (χ1n) is 11.9. The molecular weight excluding hydrogens is 400 g/mol. The van der Waals surface area contributed by atoms with Crippen LogP contribution in [0.15, 0.2) is 30.6 Å². The summed E-state index contributed by atoms with van der Waals surface area (Å²) in [5, 5.41) is 7.20. The number of aromatic nitrogens is 2. The van der Waals surface area contributed by atoms with E-state index in [9.17, 15) is 4.79 Å². The molecule has 2 N–H and O–H groups in total. The third kappa shape index (κ3) is 3.94. The molecule has 170 valence electrons. The minimum Gasteiger partial charge on any atom is -0.369 e. The minimum atomic E-state index is 0.0727. The maximum absolute atomic E-state index is 12.8. The second-order valence-electron chi connectivity index (χ2n) is 9.79. The van der Waals surface area contributed by atoms with E-state index < -0.39 is 0 Å². The number of aryl methyl sites for hydroxylation is 1. The van der Waals surface area contributed by atoms with Crippen molar-refractivity contribution in [1.82, 2.24) is 15.3 Å². The fourth-order valence-electron chi connectivity index (χ4n) is 5.54. The summed E-state index contributed by atoms with van der Waals surface area (Å²) in [6.07, 6.45) is 6.01. The Morgan fingerprint density at radius 2 is 2.00 bits per heavy atom. The SMILES string of the molecule is CC(=O)N1c2ccc(N3CCN[C@@H](C)C3)cc2C(Nc2cnc(C)cn2)C(C)[C@@H]1C1CC1. The summed E-state index contributed by atoms with van der Waals surface area (Å²) in [4.78, 5) is 26.4. The highest BCUT2D eigenvalue weighted by Gasteiger charge is 2.47. The Morgan fingerprint density at radius 1 is 1.19 bits per heavy atom. The molecule has 3 aliphatic rings. The molecule has 1 aromatic heterocycles. The zero-order valence-corrected chi connectivity index (χ0v) is 19.5. The first-order valence-corrected chi connectivity index (χ1v) is 11.9. The van der Waals surface area contributed by atoms with E-state index in [0.717, 1.165) is 36.8 Å². The van der Waals surface area contributed by atoms with Gasteiger partial charge in [-0.15, -0.1) is 0 Å². The van der Waals surface area contributed by atoms with Crippen molar-refractivity contribution in [2.24, 2.45) is 11.8 Å². The number of rotatable bonds is 4. The molecule has 7 heteroatoms. The van der Waals surface area contributed by atoms with Gasteiger partial charge in [-0.25, -0.2) is 4.98 Å². The summed E-state index contributed by atoms with van der Waals surface area (Å²) >= 11 is 0. The standard InChI is InChI=1S/C25H34N6O/c1-15-12-28-23(13-27-15)29-24-17(3)25(19-5-6-19)31(18(4)32)22-8-7-20(11-21(22)24)30-10-9-26-16(2)14-30/h7-8,11-13,16-17,19,24-26H,5-6,9-10,14H2,1-4H3,(H,28,29)/t16-,17?,24?,25+/m0/s1. The quantitative estimate of drug-likeness (QED) is 0.767. The molecule has 2 aromatic rings. The van der Waals surface area contributed by atoms with Gasteiger partial charge in [0.2, 0.25) is 5.91 Å². The molecule has 32 heavy (non-hydrogen) atoms. The summed E-state index contributed by atoms with van der Waals surface area (Å²) in [5.74, 6) is 1.75. The Morgan fingerprint density at radius 3 is 2.66 bits per heavy atom. The van der Waals surface area contributed by atoms with Gasteiger partial charge in [-0.05, 0) is 50.8 Å². The largest absolute Gasteiger partial charge is 0.369 e. The molecule has 1 saturated carbocycles. The highest BCUT2D eigenvalue weighted by atomic mass is 16.2. The molecule has 2 unspecified atom stereocenters. The second-order valence-corrected chi connectivity index (χ2v) is 9.79. The molecule has 7 nitrogen and oxygen atoms in total. The van der Waals surface area contributed by atoms with Crippen LogP contribution in [-0.2, 0) is 4.79 Å². The molecule has 3 heterocycles. The van der Waals surface area contributed by atoms with Gasteiger partial charge in [-0.3, -0.25) is 9.78 Å². The average Bonchev–Trinajstić information content (AvgIpc) is 3.61. The summed E-state index contributed by atoms with van der Waals surface area (Å²) < 4.78 is 0. The van der Waals surface area contributed by atoms with Crippen molar-refractivity contribution >= 4 is 23.1 Å². The van der Waals surface area contributed by atoms with E-state index in [0.29, 0.717) is 12.0 Å². The maximum Gasteiger partial charge on any atom is 0.224 e. The van der Waals surface area contributed by atoms with Gasteiger partial charge in [0.1, 0.15) is 5.82 Å². The molecule has 0 spiro atoms. The molecule has 0 radical (unpaired) electrons. The number of nitrogens with zero attached hydrogens (tertiary/aromatic N) is 4. The molecule has 0 bridgehead atoms. The van der Waals surface area contributed by atoms with E-state index in [1.807, 2.05) is 13.1 Å². The van der Waals surface area contributed by atoms with Crippen molar-refractivity contribution < 1.29 is 4.79 Å². The van der Waals surface area contributed by atoms with Crippen LogP contribution in [-0.4, -0.2) is 47.6 Å². The average molecular weight is 435 g/mol. The number of carbonyl (C=O) groups excluding carboxylic acids is 1. The fraction of sp³-hybridized carbons (Fsp3) is 0.560. The molecule has 1 saturated heterocycles. The molecule has 5 rings (SSSR count). The Hall–Kier alpha value is -2.67.